The molecule has 1 heterocycles. The predicted molar refractivity (Wildman–Crippen MR) is 77.4 cm³/mol. The number of pyridine rings is 1. The van der Waals surface area contributed by atoms with E-state index in [0.29, 0.717) is 19.5 Å². The number of nitrogens with one attached hydrogen (secondary N) is 2. The van der Waals surface area contributed by atoms with Crippen LogP contribution in [0.25, 0.3) is 0 Å². The van der Waals surface area contributed by atoms with Crippen LogP contribution in [0.1, 0.15) is 38.2 Å². The molecule has 0 amide bonds. The summed E-state index contributed by atoms with van der Waals surface area (Å²) in [5.41, 5.74) is -0.714. The molecule has 0 radical (unpaired) electrons. The summed E-state index contributed by atoms with van der Waals surface area (Å²) >= 11 is 0. The maximum atomic E-state index is 12.8. The van der Waals surface area contributed by atoms with Crippen LogP contribution in [-0.2, 0) is 6.18 Å². The minimum atomic E-state index is -4.39. The van der Waals surface area contributed by atoms with Gasteiger partial charge in [0.2, 0.25) is 0 Å². The summed E-state index contributed by atoms with van der Waals surface area (Å²) in [6, 6.07) is 2.04. The van der Waals surface area contributed by atoms with E-state index in [-0.39, 0.29) is 18.2 Å². The van der Waals surface area contributed by atoms with E-state index in [1.807, 2.05) is 6.92 Å². The van der Waals surface area contributed by atoms with Crippen molar-refractivity contribution in [3.8, 4) is 0 Å². The van der Waals surface area contributed by atoms with Gasteiger partial charge in [0.1, 0.15) is 11.6 Å². The van der Waals surface area contributed by atoms with Gasteiger partial charge in [0.05, 0.1) is 5.56 Å². The number of aromatic nitrogens is 1. The van der Waals surface area contributed by atoms with Crippen molar-refractivity contribution in [1.82, 2.24) is 4.98 Å². The Kier molecular flexibility index (Phi) is 7.28. The number of aliphatic hydroxyl groups excluding tert-OH is 1. The van der Waals surface area contributed by atoms with Crippen LogP contribution in [0.4, 0.5) is 24.8 Å². The number of nitrogens with zero attached hydrogens (tertiary/aromatic N) is 1. The summed E-state index contributed by atoms with van der Waals surface area (Å²) in [5.74, 6) is 0.442. The van der Waals surface area contributed by atoms with Gasteiger partial charge in [-0.25, -0.2) is 4.98 Å². The lowest BCUT2D eigenvalue weighted by atomic mass is 10.2. The fraction of sp³-hybridized carbons (Fsp3) is 0.643. The SMILES string of the molecule is CCCNc1cc(C(F)(F)F)cc(NCCCCCO)n1. The molecule has 0 aliphatic rings. The summed E-state index contributed by atoms with van der Waals surface area (Å²) in [6.45, 7) is 3.17. The first-order valence-electron chi connectivity index (χ1n) is 7.15. The van der Waals surface area contributed by atoms with E-state index in [9.17, 15) is 13.2 Å². The fourth-order valence-corrected chi connectivity index (χ4v) is 1.76. The Hall–Kier alpha value is -1.50. The van der Waals surface area contributed by atoms with Crippen LogP contribution < -0.4 is 10.6 Å². The van der Waals surface area contributed by atoms with Crippen molar-refractivity contribution in [1.29, 1.82) is 0 Å². The van der Waals surface area contributed by atoms with Gasteiger partial charge in [-0.1, -0.05) is 6.92 Å². The molecule has 7 heteroatoms. The molecule has 1 aromatic heterocycles. The fourth-order valence-electron chi connectivity index (χ4n) is 1.76. The van der Waals surface area contributed by atoms with Crippen LogP contribution in [0.2, 0.25) is 0 Å². The number of hydrogen-bond donors (Lipinski definition) is 3. The largest absolute Gasteiger partial charge is 0.416 e. The predicted octanol–water partition coefficient (Wildman–Crippen LogP) is 3.50. The minimum Gasteiger partial charge on any atom is -0.396 e. The standard InChI is InChI=1S/C14H22F3N3O/c1-2-6-18-12-9-11(14(15,16)17)10-13(20-12)19-7-4-3-5-8-21/h9-10,21H,2-8H2,1H3,(H2,18,19,20). The Balaban J connectivity index is 2.72. The number of hydrogen-bond acceptors (Lipinski definition) is 4. The summed E-state index contributed by atoms with van der Waals surface area (Å²) < 4.78 is 38.5. The third-order valence-corrected chi connectivity index (χ3v) is 2.85. The molecule has 120 valence electrons. The van der Waals surface area contributed by atoms with Gasteiger partial charge < -0.3 is 15.7 Å². The highest BCUT2D eigenvalue weighted by atomic mass is 19.4. The van der Waals surface area contributed by atoms with Gasteiger partial charge in [0.25, 0.3) is 0 Å². The van der Waals surface area contributed by atoms with E-state index in [0.717, 1.165) is 31.4 Å². The lowest BCUT2D eigenvalue weighted by Gasteiger charge is -2.13. The molecule has 3 N–H and O–H groups in total. The molecule has 0 bridgehead atoms. The molecular formula is C14H22F3N3O. The third-order valence-electron chi connectivity index (χ3n) is 2.85. The first-order valence-corrected chi connectivity index (χ1v) is 7.15. The molecule has 0 spiro atoms. The summed E-state index contributed by atoms with van der Waals surface area (Å²) in [7, 11) is 0. The van der Waals surface area contributed by atoms with E-state index in [2.05, 4.69) is 15.6 Å². The Labute approximate surface area is 122 Å². The van der Waals surface area contributed by atoms with Gasteiger partial charge in [-0.3, -0.25) is 0 Å². The van der Waals surface area contributed by atoms with Gasteiger partial charge in [0, 0.05) is 19.7 Å². The number of aliphatic hydroxyl groups is 1. The summed E-state index contributed by atoms with van der Waals surface area (Å²) in [5, 5.41) is 14.4. The molecule has 21 heavy (non-hydrogen) atoms. The number of halogens is 3. The Morgan fingerprint density at radius 1 is 1.05 bits per heavy atom. The Morgan fingerprint density at radius 2 is 1.67 bits per heavy atom. The van der Waals surface area contributed by atoms with Crippen LogP contribution in [0.5, 0.6) is 0 Å². The molecule has 0 aromatic carbocycles. The van der Waals surface area contributed by atoms with E-state index in [1.54, 1.807) is 0 Å². The van der Waals surface area contributed by atoms with Gasteiger partial charge >= 0.3 is 6.18 Å². The van der Waals surface area contributed by atoms with Crippen molar-refractivity contribution in [2.75, 3.05) is 30.3 Å². The highest BCUT2D eigenvalue weighted by Gasteiger charge is 2.31. The molecule has 4 nitrogen and oxygen atoms in total. The van der Waals surface area contributed by atoms with Crippen molar-refractivity contribution in [2.45, 2.75) is 38.8 Å². The van der Waals surface area contributed by atoms with Crippen LogP contribution in [-0.4, -0.2) is 29.8 Å². The first-order chi connectivity index (χ1) is 9.97. The quantitative estimate of drug-likeness (QED) is 0.611. The van der Waals surface area contributed by atoms with Gasteiger partial charge in [0.15, 0.2) is 0 Å². The highest BCUT2D eigenvalue weighted by Crippen LogP contribution is 2.32. The molecular weight excluding hydrogens is 283 g/mol. The maximum absolute atomic E-state index is 12.8. The minimum absolute atomic E-state index is 0.132. The smallest absolute Gasteiger partial charge is 0.396 e. The van der Waals surface area contributed by atoms with Gasteiger partial charge in [-0.15, -0.1) is 0 Å². The lowest BCUT2D eigenvalue weighted by Crippen LogP contribution is -2.12. The average Bonchev–Trinajstić information content (AvgIpc) is 2.44. The monoisotopic (exact) mass is 305 g/mol. The molecule has 1 rings (SSSR count). The van der Waals surface area contributed by atoms with Gasteiger partial charge in [-0.2, -0.15) is 13.2 Å². The van der Waals surface area contributed by atoms with Crippen molar-refractivity contribution in [3.05, 3.63) is 17.7 Å². The lowest BCUT2D eigenvalue weighted by molar-refractivity contribution is -0.137. The Morgan fingerprint density at radius 3 is 2.19 bits per heavy atom. The second-order valence-corrected chi connectivity index (χ2v) is 4.76. The van der Waals surface area contributed by atoms with Crippen LogP contribution in [0, 0.1) is 0 Å². The molecule has 0 aliphatic heterocycles. The normalized spacial score (nSPS) is 11.5. The van der Waals surface area contributed by atoms with E-state index >= 15 is 0 Å². The second-order valence-electron chi connectivity index (χ2n) is 4.76. The number of alkyl halides is 3. The van der Waals surface area contributed by atoms with Crippen LogP contribution in [0.3, 0.4) is 0 Å². The third kappa shape index (κ3) is 6.66. The molecule has 0 unspecified atom stereocenters. The second kappa shape index (κ2) is 8.71. The molecule has 0 fully saturated rings. The molecule has 0 saturated heterocycles. The van der Waals surface area contributed by atoms with Crippen molar-refractivity contribution >= 4 is 11.6 Å². The molecule has 1 aromatic rings. The summed E-state index contributed by atoms with van der Waals surface area (Å²) in [6.07, 6.45) is -1.29. The van der Waals surface area contributed by atoms with Crippen molar-refractivity contribution in [2.24, 2.45) is 0 Å². The van der Waals surface area contributed by atoms with Crippen LogP contribution >= 0.6 is 0 Å². The number of anilines is 2. The Bertz CT molecular complexity index is 424. The molecule has 0 saturated carbocycles. The zero-order chi connectivity index (χ0) is 15.7. The number of rotatable bonds is 9. The van der Waals surface area contributed by atoms with Crippen molar-refractivity contribution in [3.63, 3.8) is 0 Å². The summed E-state index contributed by atoms with van der Waals surface area (Å²) in [4.78, 5) is 4.13. The highest BCUT2D eigenvalue weighted by molar-refractivity contribution is 5.49. The number of unbranched alkanes of at least 4 members (excludes halogenated alkanes) is 2. The van der Waals surface area contributed by atoms with Crippen LogP contribution in [0.15, 0.2) is 12.1 Å². The van der Waals surface area contributed by atoms with E-state index in [4.69, 9.17) is 5.11 Å². The van der Waals surface area contributed by atoms with Gasteiger partial charge in [-0.05, 0) is 37.8 Å². The van der Waals surface area contributed by atoms with E-state index < -0.39 is 11.7 Å². The first kappa shape index (κ1) is 17.6. The average molecular weight is 305 g/mol. The molecule has 0 aliphatic carbocycles. The zero-order valence-corrected chi connectivity index (χ0v) is 12.1. The maximum Gasteiger partial charge on any atom is 0.416 e. The topological polar surface area (TPSA) is 57.2 Å². The van der Waals surface area contributed by atoms with Crippen molar-refractivity contribution < 1.29 is 18.3 Å². The van der Waals surface area contributed by atoms with E-state index in [1.165, 1.54) is 0 Å². The molecule has 0 atom stereocenters. The zero-order valence-electron chi connectivity index (χ0n) is 12.1.